The second-order valence-electron chi connectivity index (χ2n) is 5.31. The summed E-state index contributed by atoms with van der Waals surface area (Å²) in [6.07, 6.45) is 0.853. The fourth-order valence-corrected chi connectivity index (χ4v) is 2.30. The molecule has 0 spiro atoms. The number of nitrogens with one attached hydrogen (secondary N) is 1. The van der Waals surface area contributed by atoms with Gasteiger partial charge in [0, 0.05) is 18.6 Å². The van der Waals surface area contributed by atoms with E-state index in [1.807, 2.05) is 11.9 Å². The first-order valence-corrected chi connectivity index (χ1v) is 5.85. The van der Waals surface area contributed by atoms with E-state index in [0.717, 1.165) is 6.42 Å². The van der Waals surface area contributed by atoms with E-state index in [9.17, 15) is 4.79 Å². The molecule has 1 aliphatic heterocycles. The zero-order valence-electron chi connectivity index (χ0n) is 10.8. The van der Waals surface area contributed by atoms with Crippen LogP contribution < -0.4 is 5.32 Å². The highest BCUT2D eigenvalue weighted by atomic mass is 16.2. The van der Waals surface area contributed by atoms with E-state index in [2.05, 4.69) is 39.9 Å². The fourth-order valence-electron chi connectivity index (χ4n) is 2.30. The monoisotopic (exact) mass is 212 g/mol. The smallest absolute Gasteiger partial charge is 0.239 e. The number of amides is 1. The summed E-state index contributed by atoms with van der Waals surface area (Å²) in [4.78, 5) is 14.0. The van der Waals surface area contributed by atoms with Crippen LogP contribution in [0.1, 0.15) is 41.0 Å². The van der Waals surface area contributed by atoms with Gasteiger partial charge < -0.3 is 10.2 Å². The van der Waals surface area contributed by atoms with E-state index in [1.165, 1.54) is 0 Å². The van der Waals surface area contributed by atoms with Gasteiger partial charge in [-0.2, -0.15) is 0 Å². The maximum absolute atomic E-state index is 12.1. The van der Waals surface area contributed by atoms with Crippen molar-refractivity contribution in [1.29, 1.82) is 0 Å². The lowest BCUT2D eigenvalue weighted by Gasteiger charge is -2.36. The van der Waals surface area contributed by atoms with Crippen molar-refractivity contribution in [2.75, 3.05) is 7.05 Å². The van der Waals surface area contributed by atoms with Crippen LogP contribution in [0.15, 0.2) is 0 Å². The minimum atomic E-state index is -0.0302. The van der Waals surface area contributed by atoms with Crippen molar-refractivity contribution in [1.82, 2.24) is 10.2 Å². The molecule has 3 atom stereocenters. The lowest BCUT2D eigenvalue weighted by Crippen LogP contribution is -2.51. The van der Waals surface area contributed by atoms with Crippen LogP contribution in [0, 0.1) is 5.92 Å². The molecule has 3 unspecified atom stereocenters. The van der Waals surface area contributed by atoms with Crippen molar-refractivity contribution in [3.63, 3.8) is 0 Å². The third-order valence-electron chi connectivity index (χ3n) is 4.07. The van der Waals surface area contributed by atoms with Crippen molar-refractivity contribution >= 4 is 5.91 Å². The van der Waals surface area contributed by atoms with Crippen LogP contribution in [0.25, 0.3) is 0 Å². The Bertz CT molecular complexity index is 250. The lowest BCUT2D eigenvalue weighted by molar-refractivity contribution is -0.133. The molecular weight excluding hydrogens is 188 g/mol. The van der Waals surface area contributed by atoms with E-state index in [4.69, 9.17) is 0 Å². The lowest BCUT2D eigenvalue weighted by atomic mass is 9.84. The summed E-state index contributed by atoms with van der Waals surface area (Å²) in [5, 5.41) is 3.47. The van der Waals surface area contributed by atoms with Gasteiger partial charge in [-0.1, -0.05) is 13.8 Å². The van der Waals surface area contributed by atoms with Gasteiger partial charge in [-0.3, -0.25) is 4.79 Å². The van der Waals surface area contributed by atoms with Crippen molar-refractivity contribution in [3.8, 4) is 0 Å². The Morgan fingerprint density at radius 1 is 1.40 bits per heavy atom. The quantitative estimate of drug-likeness (QED) is 0.716. The summed E-state index contributed by atoms with van der Waals surface area (Å²) in [5.74, 6) is 0.672. The number of hydrogen-bond donors (Lipinski definition) is 1. The Morgan fingerprint density at radius 3 is 2.40 bits per heavy atom. The number of hydrogen-bond acceptors (Lipinski definition) is 2. The third kappa shape index (κ3) is 2.17. The van der Waals surface area contributed by atoms with E-state index in [0.29, 0.717) is 5.92 Å². The second kappa shape index (κ2) is 4.12. The number of nitrogens with zero attached hydrogens (tertiary/aromatic N) is 1. The molecule has 0 aromatic carbocycles. The van der Waals surface area contributed by atoms with Crippen LogP contribution in [0.2, 0.25) is 0 Å². The molecule has 1 amide bonds. The molecule has 0 aromatic rings. The molecule has 0 aromatic heterocycles. The molecule has 1 aliphatic rings. The number of likely N-dealkylation sites (N-methyl/N-ethyl adjacent to an activating group) is 1. The first-order valence-electron chi connectivity index (χ1n) is 5.85. The molecule has 0 saturated carbocycles. The molecule has 3 nitrogen and oxygen atoms in total. The molecule has 1 N–H and O–H groups in total. The Morgan fingerprint density at radius 2 is 1.93 bits per heavy atom. The second-order valence-corrected chi connectivity index (χ2v) is 5.31. The predicted octanol–water partition coefficient (Wildman–Crippen LogP) is 1.63. The van der Waals surface area contributed by atoms with Crippen molar-refractivity contribution in [2.24, 2.45) is 5.92 Å². The fraction of sp³-hybridized carbons (Fsp3) is 0.917. The maximum atomic E-state index is 12.1. The van der Waals surface area contributed by atoms with E-state index in [-0.39, 0.29) is 23.5 Å². The van der Waals surface area contributed by atoms with Crippen molar-refractivity contribution in [2.45, 2.75) is 58.7 Å². The van der Waals surface area contributed by atoms with Crippen LogP contribution in [-0.2, 0) is 4.79 Å². The van der Waals surface area contributed by atoms with Crippen molar-refractivity contribution in [3.05, 3.63) is 0 Å². The molecule has 88 valence electrons. The van der Waals surface area contributed by atoms with E-state index >= 15 is 0 Å². The van der Waals surface area contributed by atoms with Crippen LogP contribution in [0.5, 0.6) is 0 Å². The molecule has 0 bridgehead atoms. The Kier molecular flexibility index (Phi) is 3.44. The van der Waals surface area contributed by atoms with Gasteiger partial charge in [0.25, 0.3) is 0 Å². The first-order chi connectivity index (χ1) is 6.81. The predicted molar refractivity (Wildman–Crippen MR) is 62.7 cm³/mol. The number of carbonyl (C=O) groups is 1. The SMILES string of the molecule is CCC1NC(C)(C)C(C)C(C)N(C)C1=O. The highest BCUT2D eigenvalue weighted by molar-refractivity contribution is 5.82. The zero-order chi connectivity index (χ0) is 11.8. The topological polar surface area (TPSA) is 32.3 Å². The summed E-state index contributed by atoms with van der Waals surface area (Å²) >= 11 is 0. The van der Waals surface area contributed by atoms with Crippen LogP contribution in [0.4, 0.5) is 0 Å². The molecule has 0 aliphatic carbocycles. The van der Waals surface area contributed by atoms with E-state index < -0.39 is 0 Å². The average Bonchev–Trinajstić information content (AvgIpc) is 2.24. The third-order valence-corrected chi connectivity index (χ3v) is 4.07. The first kappa shape index (κ1) is 12.5. The average molecular weight is 212 g/mol. The summed E-state index contributed by atoms with van der Waals surface area (Å²) in [6.45, 7) is 10.8. The molecule has 1 rings (SSSR count). The Hall–Kier alpha value is -0.570. The Labute approximate surface area is 93.2 Å². The molecular formula is C12H24N2O. The van der Waals surface area contributed by atoms with Gasteiger partial charge in [0.2, 0.25) is 5.91 Å². The maximum Gasteiger partial charge on any atom is 0.239 e. The standard InChI is InChI=1S/C12H24N2O/c1-7-10-11(15)14(6)9(3)8(2)12(4,5)13-10/h8-10,13H,7H2,1-6H3. The summed E-state index contributed by atoms with van der Waals surface area (Å²) < 4.78 is 0. The minimum absolute atomic E-state index is 0.0144. The zero-order valence-corrected chi connectivity index (χ0v) is 10.8. The molecule has 1 heterocycles. The van der Waals surface area contributed by atoms with Gasteiger partial charge in [0.05, 0.1) is 6.04 Å². The molecule has 1 saturated heterocycles. The van der Waals surface area contributed by atoms with Gasteiger partial charge in [0.15, 0.2) is 0 Å². The van der Waals surface area contributed by atoms with Gasteiger partial charge >= 0.3 is 0 Å². The molecule has 1 fully saturated rings. The van der Waals surface area contributed by atoms with Crippen molar-refractivity contribution < 1.29 is 4.79 Å². The summed E-state index contributed by atoms with van der Waals surface area (Å²) in [7, 11) is 1.91. The van der Waals surface area contributed by atoms with Crippen LogP contribution in [-0.4, -0.2) is 35.5 Å². The van der Waals surface area contributed by atoms with Gasteiger partial charge in [-0.15, -0.1) is 0 Å². The van der Waals surface area contributed by atoms with E-state index in [1.54, 1.807) is 0 Å². The summed E-state index contributed by atoms with van der Waals surface area (Å²) in [6, 6.07) is 0.258. The largest absolute Gasteiger partial charge is 0.341 e. The molecule has 0 radical (unpaired) electrons. The Balaban J connectivity index is 3.01. The molecule has 3 heteroatoms. The highest BCUT2D eigenvalue weighted by Crippen LogP contribution is 2.27. The van der Waals surface area contributed by atoms with Gasteiger partial charge in [-0.05, 0) is 33.1 Å². The normalized spacial score (nSPS) is 36.5. The number of rotatable bonds is 1. The summed E-state index contributed by atoms with van der Waals surface area (Å²) in [5.41, 5.74) is 0.0144. The number of carbonyl (C=O) groups excluding carboxylic acids is 1. The highest BCUT2D eigenvalue weighted by Gasteiger charge is 2.40. The minimum Gasteiger partial charge on any atom is -0.341 e. The van der Waals surface area contributed by atoms with Gasteiger partial charge in [0.1, 0.15) is 0 Å². The van der Waals surface area contributed by atoms with Crippen LogP contribution in [0.3, 0.4) is 0 Å². The molecule has 15 heavy (non-hydrogen) atoms. The van der Waals surface area contributed by atoms with Gasteiger partial charge in [-0.25, -0.2) is 0 Å². The van der Waals surface area contributed by atoms with Crippen LogP contribution >= 0.6 is 0 Å².